The summed E-state index contributed by atoms with van der Waals surface area (Å²) in [5, 5.41) is 20.7. The summed E-state index contributed by atoms with van der Waals surface area (Å²) >= 11 is 0. The number of hydrogen-bond donors (Lipinski definition) is 2. The van der Waals surface area contributed by atoms with Crippen LogP contribution in [0.15, 0.2) is 30.7 Å². The quantitative estimate of drug-likeness (QED) is 0.516. The maximum atomic E-state index is 13.9. The van der Waals surface area contributed by atoms with Crippen LogP contribution in [0.4, 0.5) is 15.9 Å². The summed E-state index contributed by atoms with van der Waals surface area (Å²) < 4.78 is 15.5. The fourth-order valence-corrected chi connectivity index (χ4v) is 3.15. The first-order valence-corrected chi connectivity index (χ1v) is 8.71. The third-order valence-electron chi connectivity index (χ3n) is 4.36. The molecule has 0 aliphatic carbocycles. The van der Waals surface area contributed by atoms with Gasteiger partial charge in [-0.05, 0) is 31.5 Å². The molecule has 0 saturated heterocycles. The molecule has 0 atom stereocenters. The maximum absolute atomic E-state index is 13.9. The van der Waals surface area contributed by atoms with E-state index in [2.05, 4.69) is 36.8 Å². The Morgan fingerprint density at radius 3 is 2.79 bits per heavy atom. The van der Waals surface area contributed by atoms with Crippen LogP contribution in [-0.4, -0.2) is 37.7 Å². The highest BCUT2D eigenvalue weighted by molar-refractivity contribution is 5.95. The average molecular weight is 376 g/mol. The van der Waals surface area contributed by atoms with Crippen molar-refractivity contribution < 1.29 is 4.39 Å². The molecule has 0 amide bonds. The van der Waals surface area contributed by atoms with Crippen LogP contribution >= 0.6 is 0 Å². The Morgan fingerprint density at radius 2 is 1.96 bits per heavy atom. The molecule has 0 bridgehead atoms. The van der Waals surface area contributed by atoms with E-state index >= 15 is 0 Å². The van der Waals surface area contributed by atoms with Crippen molar-refractivity contribution in [2.45, 2.75) is 13.8 Å². The molecule has 4 rings (SSSR count). The highest BCUT2D eigenvalue weighted by Crippen LogP contribution is 2.28. The summed E-state index contributed by atoms with van der Waals surface area (Å²) in [6.07, 6.45) is 2.96. The second-order valence-electron chi connectivity index (χ2n) is 6.39. The SMILES string of the molecule is Cc1cc(NCCNc2c(C#N)cnc3c(C)cc(F)cc23)n2ncnc2n1. The summed E-state index contributed by atoms with van der Waals surface area (Å²) in [6, 6.07) is 6.83. The molecular formula is C19H17FN8. The van der Waals surface area contributed by atoms with Gasteiger partial charge in [0.1, 0.15) is 24.0 Å². The van der Waals surface area contributed by atoms with Gasteiger partial charge in [0.15, 0.2) is 0 Å². The molecule has 0 fully saturated rings. The number of nitrogens with one attached hydrogen (secondary N) is 2. The van der Waals surface area contributed by atoms with E-state index < -0.39 is 0 Å². The number of anilines is 2. The van der Waals surface area contributed by atoms with Crippen LogP contribution in [0.1, 0.15) is 16.8 Å². The van der Waals surface area contributed by atoms with Crippen molar-refractivity contribution in [1.82, 2.24) is 24.6 Å². The Morgan fingerprint density at radius 1 is 1.14 bits per heavy atom. The number of nitriles is 1. The number of pyridine rings is 1. The van der Waals surface area contributed by atoms with Crippen LogP contribution in [-0.2, 0) is 0 Å². The van der Waals surface area contributed by atoms with Gasteiger partial charge >= 0.3 is 0 Å². The molecule has 140 valence electrons. The van der Waals surface area contributed by atoms with Crippen molar-refractivity contribution in [3.8, 4) is 6.07 Å². The third kappa shape index (κ3) is 3.16. The van der Waals surface area contributed by atoms with Gasteiger partial charge in [-0.2, -0.15) is 19.9 Å². The Balaban J connectivity index is 1.56. The van der Waals surface area contributed by atoms with Crippen LogP contribution < -0.4 is 10.6 Å². The number of aromatic nitrogens is 5. The monoisotopic (exact) mass is 376 g/mol. The summed E-state index contributed by atoms with van der Waals surface area (Å²) in [5.41, 5.74) is 3.17. The van der Waals surface area contributed by atoms with Crippen LogP contribution in [0.2, 0.25) is 0 Å². The molecule has 0 aliphatic rings. The van der Waals surface area contributed by atoms with Gasteiger partial charge in [-0.1, -0.05) is 0 Å². The molecule has 0 spiro atoms. The van der Waals surface area contributed by atoms with E-state index in [-0.39, 0.29) is 5.82 Å². The lowest BCUT2D eigenvalue weighted by molar-refractivity contribution is 0.628. The van der Waals surface area contributed by atoms with E-state index in [1.54, 1.807) is 11.4 Å². The molecular weight excluding hydrogens is 359 g/mol. The fraction of sp³-hybridized carbons (Fsp3) is 0.211. The number of rotatable bonds is 5. The van der Waals surface area contributed by atoms with E-state index in [1.165, 1.54) is 24.7 Å². The smallest absolute Gasteiger partial charge is 0.254 e. The van der Waals surface area contributed by atoms with Gasteiger partial charge in [-0.25, -0.2) is 9.37 Å². The van der Waals surface area contributed by atoms with Crippen LogP contribution in [0, 0.1) is 31.0 Å². The van der Waals surface area contributed by atoms with E-state index in [0.29, 0.717) is 41.0 Å². The summed E-state index contributed by atoms with van der Waals surface area (Å²) in [5.74, 6) is 0.931. The van der Waals surface area contributed by atoms with Gasteiger partial charge < -0.3 is 10.6 Å². The number of nitrogens with zero attached hydrogens (tertiary/aromatic N) is 6. The molecule has 4 aromatic rings. The molecule has 0 saturated carbocycles. The Labute approximate surface area is 160 Å². The van der Waals surface area contributed by atoms with Gasteiger partial charge in [-0.3, -0.25) is 4.98 Å². The predicted molar refractivity (Wildman–Crippen MR) is 104 cm³/mol. The molecule has 3 heterocycles. The second-order valence-corrected chi connectivity index (χ2v) is 6.39. The number of aryl methyl sites for hydroxylation is 2. The summed E-state index contributed by atoms with van der Waals surface area (Å²) in [7, 11) is 0. The normalized spacial score (nSPS) is 10.9. The largest absolute Gasteiger partial charge is 0.382 e. The van der Waals surface area contributed by atoms with Crippen LogP contribution in [0.5, 0.6) is 0 Å². The standard InChI is InChI=1S/C19H17FN8/c1-11-5-14(20)7-15-17(11)24-9-13(8-21)18(15)23-4-3-22-16-6-12(2)27-19-25-10-26-28(16)19/h5-7,9-10,22H,3-4H2,1-2H3,(H,23,24). The third-order valence-corrected chi connectivity index (χ3v) is 4.36. The highest BCUT2D eigenvalue weighted by Gasteiger charge is 2.12. The van der Waals surface area contributed by atoms with E-state index in [4.69, 9.17) is 0 Å². The van der Waals surface area contributed by atoms with Crippen molar-refractivity contribution >= 4 is 28.2 Å². The molecule has 0 radical (unpaired) electrons. The maximum Gasteiger partial charge on any atom is 0.254 e. The molecule has 1 aromatic carbocycles. The predicted octanol–water partition coefficient (Wildman–Crippen LogP) is 2.82. The first-order valence-electron chi connectivity index (χ1n) is 8.71. The molecule has 28 heavy (non-hydrogen) atoms. The van der Waals surface area contributed by atoms with E-state index in [9.17, 15) is 9.65 Å². The van der Waals surface area contributed by atoms with Crippen LogP contribution in [0.25, 0.3) is 16.7 Å². The first-order chi connectivity index (χ1) is 13.6. The topological polar surface area (TPSA) is 104 Å². The van der Waals surface area contributed by atoms with Crippen molar-refractivity contribution in [2.24, 2.45) is 0 Å². The zero-order valence-electron chi connectivity index (χ0n) is 15.4. The Hall–Kier alpha value is -3.80. The molecule has 2 N–H and O–H groups in total. The van der Waals surface area contributed by atoms with Gasteiger partial charge in [-0.15, -0.1) is 0 Å². The Bertz CT molecular complexity index is 1220. The molecule has 8 nitrogen and oxygen atoms in total. The molecule has 9 heteroatoms. The summed E-state index contributed by atoms with van der Waals surface area (Å²) in [6.45, 7) is 4.73. The van der Waals surface area contributed by atoms with Crippen LogP contribution in [0.3, 0.4) is 0 Å². The lowest BCUT2D eigenvalue weighted by Crippen LogP contribution is -2.17. The van der Waals surface area contributed by atoms with E-state index in [0.717, 1.165) is 17.1 Å². The van der Waals surface area contributed by atoms with Gasteiger partial charge in [0.05, 0.1) is 16.8 Å². The fourth-order valence-electron chi connectivity index (χ4n) is 3.15. The minimum atomic E-state index is -0.358. The number of fused-ring (bicyclic) bond motifs is 2. The van der Waals surface area contributed by atoms with Gasteiger partial charge in [0, 0.05) is 36.4 Å². The van der Waals surface area contributed by atoms with Crippen molar-refractivity contribution in [1.29, 1.82) is 5.26 Å². The zero-order valence-corrected chi connectivity index (χ0v) is 15.4. The molecule has 0 unspecified atom stereocenters. The van der Waals surface area contributed by atoms with Gasteiger partial charge in [0.25, 0.3) is 5.78 Å². The minimum Gasteiger partial charge on any atom is -0.382 e. The van der Waals surface area contributed by atoms with Gasteiger partial charge in [0.2, 0.25) is 0 Å². The molecule has 0 aliphatic heterocycles. The summed E-state index contributed by atoms with van der Waals surface area (Å²) in [4.78, 5) is 12.7. The first kappa shape index (κ1) is 17.6. The number of hydrogen-bond acceptors (Lipinski definition) is 7. The lowest BCUT2D eigenvalue weighted by atomic mass is 10.1. The van der Waals surface area contributed by atoms with Crippen molar-refractivity contribution in [3.05, 3.63) is 53.4 Å². The van der Waals surface area contributed by atoms with Crippen molar-refractivity contribution in [2.75, 3.05) is 23.7 Å². The average Bonchev–Trinajstić information content (AvgIpc) is 3.13. The highest BCUT2D eigenvalue weighted by atomic mass is 19.1. The lowest BCUT2D eigenvalue weighted by Gasteiger charge is -2.14. The number of halogens is 1. The zero-order chi connectivity index (χ0) is 19.7. The Kier molecular flexibility index (Phi) is 4.45. The van der Waals surface area contributed by atoms with Crippen molar-refractivity contribution in [3.63, 3.8) is 0 Å². The molecule has 3 aromatic heterocycles. The minimum absolute atomic E-state index is 0.358. The second kappa shape index (κ2) is 7.08. The van der Waals surface area contributed by atoms with E-state index in [1.807, 2.05) is 13.0 Å². The number of benzene rings is 1.